The molecule has 0 bridgehead atoms. The first-order chi connectivity index (χ1) is 8.94. The molecule has 2 N–H and O–H groups in total. The number of rotatable bonds is 4. The zero-order valence-corrected chi connectivity index (χ0v) is 11.3. The first-order valence-electron chi connectivity index (χ1n) is 5.33. The van der Waals surface area contributed by atoms with Gasteiger partial charge in [0, 0.05) is 11.2 Å². The quantitative estimate of drug-likeness (QED) is 0.908. The van der Waals surface area contributed by atoms with Crippen molar-refractivity contribution in [3.8, 4) is 5.75 Å². The van der Waals surface area contributed by atoms with Crippen LogP contribution in [0.3, 0.4) is 0 Å². The van der Waals surface area contributed by atoms with Gasteiger partial charge >= 0.3 is 0 Å². The van der Waals surface area contributed by atoms with Crippen molar-refractivity contribution in [1.29, 1.82) is 0 Å². The number of hydrogen-bond donors (Lipinski definition) is 2. The summed E-state index contributed by atoms with van der Waals surface area (Å²) in [5, 5.41) is 9.65. The Bertz CT molecular complexity index is 654. The van der Waals surface area contributed by atoms with E-state index >= 15 is 0 Å². The normalized spacial score (nSPS) is 11.2. The van der Waals surface area contributed by atoms with Gasteiger partial charge in [-0.1, -0.05) is 11.6 Å². The summed E-state index contributed by atoms with van der Waals surface area (Å²) < 4.78 is 26.2. The summed E-state index contributed by atoms with van der Waals surface area (Å²) in [6, 6.07) is 7.41. The van der Waals surface area contributed by atoms with Crippen molar-refractivity contribution in [2.75, 3.05) is 4.72 Å². The second kappa shape index (κ2) is 5.46. The van der Waals surface area contributed by atoms with Crippen LogP contribution in [-0.2, 0) is 15.8 Å². The third kappa shape index (κ3) is 4.11. The van der Waals surface area contributed by atoms with Crippen molar-refractivity contribution in [2.24, 2.45) is 0 Å². The molecule has 19 heavy (non-hydrogen) atoms. The molecule has 0 spiro atoms. The fourth-order valence-corrected chi connectivity index (χ4v) is 2.98. The molecule has 2 rings (SSSR count). The molecule has 1 aromatic heterocycles. The lowest BCUT2D eigenvalue weighted by molar-refractivity contribution is 0.475. The maximum atomic E-state index is 11.9. The summed E-state index contributed by atoms with van der Waals surface area (Å²) in [7, 11) is -3.58. The molecule has 1 aromatic carbocycles. The van der Waals surface area contributed by atoms with E-state index in [4.69, 9.17) is 11.6 Å². The minimum atomic E-state index is -3.58. The highest BCUT2D eigenvalue weighted by atomic mass is 35.5. The van der Waals surface area contributed by atoms with Gasteiger partial charge in [0.2, 0.25) is 10.0 Å². The molecule has 0 aliphatic carbocycles. The van der Waals surface area contributed by atoms with Gasteiger partial charge in [0.05, 0.1) is 17.6 Å². The molecule has 100 valence electrons. The Morgan fingerprint density at radius 1 is 1.32 bits per heavy atom. The van der Waals surface area contributed by atoms with Gasteiger partial charge in [-0.15, -0.1) is 0 Å². The largest absolute Gasteiger partial charge is 0.508 e. The highest BCUT2D eigenvalue weighted by Gasteiger charge is 2.13. The molecular formula is C12H11ClN2O3S. The standard InChI is InChI=1S/C12H11ClN2O3S/c13-10-4-9(5-12(16)6-10)8-19(17,18)15-11-2-1-3-14-7-11/h1-7,15-16H,8H2. The predicted octanol–water partition coefficient (Wildman–Crippen LogP) is 2.38. The highest BCUT2D eigenvalue weighted by Crippen LogP contribution is 2.21. The molecule has 5 nitrogen and oxygen atoms in total. The van der Waals surface area contributed by atoms with Crippen molar-refractivity contribution in [1.82, 2.24) is 4.98 Å². The molecular weight excluding hydrogens is 288 g/mol. The van der Waals surface area contributed by atoms with Gasteiger partial charge in [0.25, 0.3) is 0 Å². The van der Waals surface area contributed by atoms with Crippen molar-refractivity contribution >= 4 is 27.3 Å². The Kier molecular flexibility index (Phi) is 3.92. The molecule has 2 aromatic rings. The number of aromatic nitrogens is 1. The minimum Gasteiger partial charge on any atom is -0.508 e. The number of nitrogens with zero attached hydrogens (tertiary/aromatic N) is 1. The van der Waals surface area contributed by atoms with E-state index in [1.54, 1.807) is 18.3 Å². The van der Waals surface area contributed by atoms with E-state index < -0.39 is 10.0 Å². The third-order valence-corrected chi connectivity index (χ3v) is 3.71. The molecule has 0 saturated heterocycles. The molecule has 0 amide bonds. The van der Waals surface area contributed by atoms with E-state index in [-0.39, 0.29) is 16.5 Å². The van der Waals surface area contributed by atoms with Crippen LogP contribution in [0.2, 0.25) is 5.02 Å². The number of anilines is 1. The number of phenolic OH excluding ortho intramolecular Hbond substituents is 1. The number of phenols is 1. The van der Waals surface area contributed by atoms with Gasteiger partial charge in [0.1, 0.15) is 5.75 Å². The molecule has 0 radical (unpaired) electrons. The topological polar surface area (TPSA) is 79.3 Å². The fraction of sp³-hybridized carbons (Fsp3) is 0.0833. The van der Waals surface area contributed by atoms with Gasteiger partial charge < -0.3 is 5.11 Å². The van der Waals surface area contributed by atoms with Crippen LogP contribution in [0.4, 0.5) is 5.69 Å². The molecule has 0 aliphatic rings. The Hall–Kier alpha value is -1.79. The highest BCUT2D eigenvalue weighted by molar-refractivity contribution is 7.91. The fourth-order valence-electron chi connectivity index (χ4n) is 1.57. The van der Waals surface area contributed by atoms with Crippen molar-refractivity contribution in [2.45, 2.75) is 5.75 Å². The Morgan fingerprint density at radius 2 is 2.11 bits per heavy atom. The Morgan fingerprint density at radius 3 is 2.74 bits per heavy atom. The number of aromatic hydroxyl groups is 1. The molecule has 0 unspecified atom stereocenters. The maximum Gasteiger partial charge on any atom is 0.236 e. The van der Waals surface area contributed by atoms with Gasteiger partial charge in [-0.25, -0.2) is 8.42 Å². The van der Waals surface area contributed by atoms with E-state index in [9.17, 15) is 13.5 Å². The van der Waals surface area contributed by atoms with Gasteiger partial charge in [-0.3, -0.25) is 9.71 Å². The van der Waals surface area contributed by atoms with Gasteiger partial charge in [-0.2, -0.15) is 0 Å². The first kappa shape index (κ1) is 13.6. The summed E-state index contributed by atoms with van der Waals surface area (Å²) in [5.41, 5.74) is 0.787. The van der Waals surface area contributed by atoms with Crippen LogP contribution in [0.25, 0.3) is 0 Å². The molecule has 0 saturated carbocycles. The van der Waals surface area contributed by atoms with Crippen LogP contribution in [0.1, 0.15) is 5.56 Å². The lowest BCUT2D eigenvalue weighted by Gasteiger charge is -2.08. The van der Waals surface area contributed by atoms with Crippen LogP contribution >= 0.6 is 11.6 Å². The average Bonchev–Trinajstić information content (AvgIpc) is 2.27. The molecule has 1 heterocycles. The number of sulfonamides is 1. The van der Waals surface area contributed by atoms with Gasteiger partial charge in [0.15, 0.2) is 0 Å². The molecule has 0 fully saturated rings. The Balaban J connectivity index is 2.17. The summed E-state index contributed by atoms with van der Waals surface area (Å²) in [5.74, 6) is -0.352. The second-order valence-electron chi connectivity index (χ2n) is 3.92. The monoisotopic (exact) mass is 298 g/mol. The van der Waals surface area contributed by atoms with Crippen LogP contribution in [0, 0.1) is 0 Å². The van der Waals surface area contributed by atoms with Crippen molar-refractivity contribution in [3.05, 3.63) is 53.3 Å². The molecule has 0 atom stereocenters. The van der Waals surface area contributed by atoms with Crippen LogP contribution in [-0.4, -0.2) is 18.5 Å². The molecule has 0 aliphatic heterocycles. The smallest absolute Gasteiger partial charge is 0.236 e. The minimum absolute atomic E-state index is 0.0703. The number of nitrogens with one attached hydrogen (secondary N) is 1. The van der Waals surface area contributed by atoms with E-state index in [0.717, 1.165) is 0 Å². The zero-order valence-electron chi connectivity index (χ0n) is 9.75. The lowest BCUT2D eigenvalue weighted by Crippen LogP contribution is -2.15. The second-order valence-corrected chi connectivity index (χ2v) is 6.08. The Labute approximate surface area is 115 Å². The SMILES string of the molecule is O=S(=O)(Cc1cc(O)cc(Cl)c1)Nc1cccnc1. The summed E-state index contributed by atoms with van der Waals surface area (Å²) >= 11 is 5.75. The van der Waals surface area contributed by atoms with E-state index in [1.165, 1.54) is 24.4 Å². The zero-order chi connectivity index (χ0) is 13.9. The first-order valence-corrected chi connectivity index (χ1v) is 7.36. The average molecular weight is 299 g/mol. The van der Waals surface area contributed by atoms with E-state index in [0.29, 0.717) is 11.3 Å². The molecule has 7 heteroatoms. The van der Waals surface area contributed by atoms with Gasteiger partial charge in [-0.05, 0) is 35.9 Å². The van der Waals surface area contributed by atoms with E-state index in [2.05, 4.69) is 9.71 Å². The summed E-state index contributed by atoms with van der Waals surface area (Å²) in [4.78, 5) is 3.82. The van der Waals surface area contributed by atoms with Crippen LogP contribution < -0.4 is 4.72 Å². The van der Waals surface area contributed by atoms with E-state index in [1.807, 2.05) is 0 Å². The third-order valence-electron chi connectivity index (χ3n) is 2.23. The van der Waals surface area contributed by atoms with Crippen molar-refractivity contribution in [3.63, 3.8) is 0 Å². The van der Waals surface area contributed by atoms with Crippen LogP contribution in [0.15, 0.2) is 42.7 Å². The summed E-state index contributed by atoms with van der Waals surface area (Å²) in [6.07, 6.45) is 2.96. The summed E-state index contributed by atoms with van der Waals surface area (Å²) in [6.45, 7) is 0. The number of pyridine rings is 1. The predicted molar refractivity (Wildman–Crippen MR) is 73.6 cm³/mol. The lowest BCUT2D eigenvalue weighted by atomic mass is 10.2. The number of hydrogen-bond acceptors (Lipinski definition) is 4. The number of halogens is 1. The number of benzene rings is 1. The maximum absolute atomic E-state index is 11.9. The van der Waals surface area contributed by atoms with Crippen molar-refractivity contribution < 1.29 is 13.5 Å². The van der Waals surface area contributed by atoms with Crippen LogP contribution in [0.5, 0.6) is 5.75 Å².